The lowest BCUT2D eigenvalue weighted by atomic mass is 10.1. The van der Waals surface area contributed by atoms with Crippen molar-refractivity contribution in [2.45, 2.75) is 40.2 Å². The summed E-state index contributed by atoms with van der Waals surface area (Å²) in [7, 11) is 0. The van der Waals surface area contributed by atoms with E-state index in [4.69, 9.17) is 0 Å². The van der Waals surface area contributed by atoms with Crippen LogP contribution in [0.1, 0.15) is 43.1 Å². The first kappa shape index (κ1) is 16.2. The van der Waals surface area contributed by atoms with Gasteiger partial charge in [0.2, 0.25) is 5.91 Å². The van der Waals surface area contributed by atoms with Gasteiger partial charge in [-0.15, -0.1) is 0 Å². The number of nitrogens with one attached hydrogen (secondary N) is 1. The van der Waals surface area contributed by atoms with Crippen molar-refractivity contribution in [3.8, 4) is 0 Å². The zero-order valence-electron chi connectivity index (χ0n) is 12.8. The molecule has 0 aliphatic heterocycles. The van der Waals surface area contributed by atoms with Gasteiger partial charge in [0.05, 0.1) is 0 Å². The van der Waals surface area contributed by atoms with Crippen LogP contribution in [-0.2, 0) is 4.79 Å². The van der Waals surface area contributed by atoms with Gasteiger partial charge in [-0.2, -0.15) is 0 Å². The lowest BCUT2D eigenvalue weighted by Gasteiger charge is -2.27. The Bertz CT molecular complexity index is 471. The molecule has 4 nitrogen and oxygen atoms in total. The lowest BCUT2D eigenvalue weighted by Crippen LogP contribution is -2.42. The van der Waals surface area contributed by atoms with Crippen LogP contribution in [0, 0.1) is 6.92 Å². The van der Waals surface area contributed by atoms with E-state index >= 15 is 0 Å². The molecule has 0 aromatic heterocycles. The number of amides is 2. The second-order valence-electron chi connectivity index (χ2n) is 5.10. The Balaban J connectivity index is 2.50. The van der Waals surface area contributed by atoms with E-state index in [0.717, 1.165) is 12.0 Å². The molecule has 0 fully saturated rings. The number of carbonyl (C=O) groups is 2. The van der Waals surface area contributed by atoms with Gasteiger partial charge in [0.25, 0.3) is 5.91 Å². The van der Waals surface area contributed by atoms with E-state index in [-0.39, 0.29) is 17.9 Å². The normalized spacial score (nSPS) is 11.8. The Morgan fingerprint density at radius 3 is 2.60 bits per heavy atom. The molecular weight excluding hydrogens is 252 g/mol. The summed E-state index contributed by atoms with van der Waals surface area (Å²) < 4.78 is 0. The molecule has 0 saturated heterocycles. The van der Waals surface area contributed by atoms with Gasteiger partial charge < -0.3 is 10.2 Å². The van der Waals surface area contributed by atoms with Gasteiger partial charge in [-0.25, -0.2) is 0 Å². The van der Waals surface area contributed by atoms with Crippen LogP contribution in [0.15, 0.2) is 24.3 Å². The van der Waals surface area contributed by atoms with Gasteiger partial charge in [-0.3, -0.25) is 9.59 Å². The molecule has 1 N–H and O–H groups in total. The second kappa shape index (κ2) is 7.68. The Labute approximate surface area is 121 Å². The number of rotatable bonds is 6. The Morgan fingerprint density at radius 2 is 2.05 bits per heavy atom. The number of hydrogen-bond acceptors (Lipinski definition) is 2. The van der Waals surface area contributed by atoms with Crippen molar-refractivity contribution in [2.75, 3.05) is 13.1 Å². The average molecular weight is 276 g/mol. The molecule has 1 aromatic carbocycles. The van der Waals surface area contributed by atoms with Crippen LogP contribution < -0.4 is 5.32 Å². The fourth-order valence-corrected chi connectivity index (χ4v) is 2.09. The molecule has 2 amide bonds. The van der Waals surface area contributed by atoms with E-state index in [1.54, 1.807) is 17.9 Å². The maximum absolute atomic E-state index is 12.0. The van der Waals surface area contributed by atoms with Gasteiger partial charge >= 0.3 is 0 Å². The summed E-state index contributed by atoms with van der Waals surface area (Å²) in [6, 6.07) is 7.66. The first-order chi connectivity index (χ1) is 9.45. The monoisotopic (exact) mass is 276 g/mol. The summed E-state index contributed by atoms with van der Waals surface area (Å²) in [4.78, 5) is 25.3. The van der Waals surface area contributed by atoms with Gasteiger partial charge in [0.15, 0.2) is 0 Å². The van der Waals surface area contributed by atoms with Gasteiger partial charge in [-0.05, 0) is 32.4 Å². The summed E-state index contributed by atoms with van der Waals surface area (Å²) in [5.41, 5.74) is 1.71. The predicted octanol–water partition coefficient (Wildman–Crippen LogP) is 2.37. The fraction of sp³-hybridized carbons (Fsp3) is 0.500. The third-order valence-electron chi connectivity index (χ3n) is 3.45. The van der Waals surface area contributed by atoms with E-state index in [9.17, 15) is 9.59 Å². The molecule has 0 radical (unpaired) electrons. The smallest absolute Gasteiger partial charge is 0.251 e. The maximum atomic E-state index is 12.0. The summed E-state index contributed by atoms with van der Waals surface area (Å²) >= 11 is 0. The molecule has 110 valence electrons. The highest BCUT2D eigenvalue weighted by Crippen LogP contribution is 2.05. The standard InChI is InChI=1S/C16H24N2O2/c1-5-13(3)18(14(4)19)10-9-17-16(20)15-8-6-7-12(2)11-15/h6-8,11,13H,5,9-10H2,1-4H3,(H,17,20). The highest BCUT2D eigenvalue weighted by Gasteiger charge is 2.15. The van der Waals surface area contributed by atoms with Crippen LogP contribution in [0.4, 0.5) is 0 Å². The number of nitrogens with zero attached hydrogens (tertiary/aromatic N) is 1. The Hall–Kier alpha value is -1.84. The van der Waals surface area contributed by atoms with E-state index in [0.29, 0.717) is 18.7 Å². The van der Waals surface area contributed by atoms with Crippen LogP contribution in [0.25, 0.3) is 0 Å². The maximum Gasteiger partial charge on any atom is 0.251 e. The van der Waals surface area contributed by atoms with Crippen LogP contribution in [0.3, 0.4) is 0 Å². The minimum atomic E-state index is -0.0960. The first-order valence-electron chi connectivity index (χ1n) is 7.07. The van der Waals surface area contributed by atoms with Gasteiger partial charge in [0, 0.05) is 31.6 Å². The molecule has 0 spiro atoms. The SMILES string of the molecule is CCC(C)N(CCNC(=O)c1cccc(C)c1)C(C)=O. The molecule has 0 saturated carbocycles. The quantitative estimate of drug-likeness (QED) is 0.867. The number of carbonyl (C=O) groups excluding carboxylic acids is 2. The molecular formula is C16H24N2O2. The largest absolute Gasteiger partial charge is 0.350 e. The molecule has 20 heavy (non-hydrogen) atoms. The Kier molecular flexibility index (Phi) is 6.22. The third kappa shape index (κ3) is 4.68. The van der Waals surface area contributed by atoms with Crippen LogP contribution in [-0.4, -0.2) is 35.8 Å². The number of benzene rings is 1. The molecule has 1 unspecified atom stereocenters. The lowest BCUT2D eigenvalue weighted by molar-refractivity contribution is -0.130. The Morgan fingerprint density at radius 1 is 1.35 bits per heavy atom. The molecule has 1 aromatic rings. The summed E-state index contributed by atoms with van der Waals surface area (Å²) in [5, 5.41) is 2.86. The molecule has 0 heterocycles. The number of hydrogen-bond donors (Lipinski definition) is 1. The van der Waals surface area contributed by atoms with Gasteiger partial charge in [-0.1, -0.05) is 24.6 Å². The topological polar surface area (TPSA) is 49.4 Å². The zero-order chi connectivity index (χ0) is 15.1. The van der Waals surface area contributed by atoms with Crippen LogP contribution in [0.5, 0.6) is 0 Å². The molecule has 0 aliphatic rings. The minimum absolute atomic E-state index is 0.0455. The van der Waals surface area contributed by atoms with Crippen LogP contribution >= 0.6 is 0 Å². The highest BCUT2D eigenvalue weighted by molar-refractivity contribution is 5.94. The molecule has 1 atom stereocenters. The van der Waals surface area contributed by atoms with Crippen molar-refractivity contribution in [2.24, 2.45) is 0 Å². The van der Waals surface area contributed by atoms with Crippen molar-refractivity contribution in [1.82, 2.24) is 10.2 Å². The second-order valence-corrected chi connectivity index (χ2v) is 5.10. The number of aryl methyl sites for hydroxylation is 1. The zero-order valence-corrected chi connectivity index (χ0v) is 12.8. The third-order valence-corrected chi connectivity index (χ3v) is 3.45. The van der Waals surface area contributed by atoms with Crippen LogP contribution in [0.2, 0.25) is 0 Å². The fourth-order valence-electron chi connectivity index (χ4n) is 2.09. The van der Waals surface area contributed by atoms with E-state index in [1.165, 1.54) is 0 Å². The molecule has 0 bridgehead atoms. The van der Waals surface area contributed by atoms with E-state index < -0.39 is 0 Å². The highest BCUT2D eigenvalue weighted by atomic mass is 16.2. The van der Waals surface area contributed by atoms with Crippen molar-refractivity contribution >= 4 is 11.8 Å². The summed E-state index contributed by atoms with van der Waals surface area (Å²) in [6.45, 7) is 8.60. The minimum Gasteiger partial charge on any atom is -0.350 e. The predicted molar refractivity (Wildman–Crippen MR) is 80.7 cm³/mol. The van der Waals surface area contributed by atoms with Crippen molar-refractivity contribution < 1.29 is 9.59 Å². The van der Waals surface area contributed by atoms with E-state index in [2.05, 4.69) is 5.32 Å². The van der Waals surface area contributed by atoms with Crippen molar-refractivity contribution in [3.05, 3.63) is 35.4 Å². The summed E-state index contributed by atoms with van der Waals surface area (Å²) in [6.07, 6.45) is 0.908. The average Bonchev–Trinajstić information content (AvgIpc) is 2.42. The molecule has 4 heteroatoms. The van der Waals surface area contributed by atoms with E-state index in [1.807, 2.05) is 39.0 Å². The molecule has 1 rings (SSSR count). The van der Waals surface area contributed by atoms with Crippen molar-refractivity contribution in [3.63, 3.8) is 0 Å². The molecule has 0 aliphatic carbocycles. The summed E-state index contributed by atoms with van der Waals surface area (Å²) in [5.74, 6) is -0.0505. The first-order valence-corrected chi connectivity index (χ1v) is 7.07. The van der Waals surface area contributed by atoms with Crippen molar-refractivity contribution in [1.29, 1.82) is 0 Å². The van der Waals surface area contributed by atoms with Gasteiger partial charge in [0.1, 0.15) is 0 Å².